The van der Waals surface area contributed by atoms with Crippen LogP contribution in [0.2, 0.25) is 0 Å². The topological polar surface area (TPSA) is 55.7 Å². The summed E-state index contributed by atoms with van der Waals surface area (Å²) >= 11 is 0. The van der Waals surface area contributed by atoms with Crippen molar-refractivity contribution in [3.05, 3.63) is 36.4 Å². The van der Waals surface area contributed by atoms with Gasteiger partial charge in [-0.15, -0.1) is 31.4 Å². The quantitative estimate of drug-likeness (QED) is 0.589. The van der Waals surface area contributed by atoms with Crippen LogP contribution in [0.1, 0.15) is 18.0 Å². The van der Waals surface area contributed by atoms with Crippen LogP contribution in [-0.4, -0.2) is 41.3 Å². The van der Waals surface area contributed by atoms with Crippen LogP contribution in [0.25, 0.3) is 0 Å². The molecule has 1 aliphatic rings. The first-order valence-corrected chi connectivity index (χ1v) is 6.30. The minimum Gasteiger partial charge on any atom is -0.504 e. The lowest BCUT2D eigenvalue weighted by molar-refractivity contribution is 0.171. The van der Waals surface area contributed by atoms with Crippen LogP contribution in [0, 0.1) is 0 Å². The average Bonchev–Trinajstić information content (AvgIpc) is 2.41. The lowest BCUT2D eigenvalue weighted by atomic mass is 9.99. The zero-order chi connectivity index (χ0) is 13.0. The Morgan fingerprint density at radius 1 is 1.25 bits per heavy atom. The van der Waals surface area contributed by atoms with Crippen molar-refractivity contribution in [3.8, 4) is 11.5 Å². The van der Waals surface area contributed by atoms with Gasteiger partial charge in [-0.2, -0.15) is 0 Å². The molecule has 1 aromatic carbocycles. The van der Waals surface area contributed by atoms with Crippen molar-refractivity contribution in [2.24, 2.45) is 0 Å². The van der Waals surface area contributed by atoms with Crippen LogP contribution in [0.3, 0.4) is 0 Å². The maximum absolute atomic E-state index is 10.00. The molecule has 0 saturated carbocycles. The van der Waals surface area contributed by atoms with Crippen LogP contribution in [0.5, 0.6) is 11.5 Å². The highest BCUT2D eigenvalue weighted by molar-refractivity contribution is 5.85. The molecule has 1 aliphatic heterocycles. The first kappa shape index (κ1) is 19.1. The number of nitrogens with zero attached hydrogens (tertiary/aromatic N) is 1. The van der Waals surface area contributed by atoms with E-state index in [9.17, 15) is 10.2 Å². The smallest absolute Gasteiger partial charge is 0.162 e. The zero-order valence-electron chi connectivity index (χ0n) is 11.3. The predicted molar refractivity (Wildman–Crippen MR) is 86.3 cm³/mol. The van der Waals surface area contributed by atoms with Crippen molar-refractivity contribution >= 4 is 24.8 Å². The largest absolute Gasteiger partial charge is 0.504 e. The summed E-state index contributed by atoms with van der Waals surface area (Å²) in [7, 11) is 0. The van der Waals surface area contributed by atoms with Crippen molar-refractivity contribution in [3.63, 3.8) is 0 Å². The van der Waals surface area contributed by atoms with Crippen molar-refractivity contribution in [1.82, 2.24) is 10.2 Å². The lowest BCUT2D eigenvalue weighted by Gasteiger charge is -2.35. The van der Waals surface area contributed by atoms with Crippen molar-refractivity contribution in [2.45, 2.75) is 12.5 Å². The Morgan fingerprint density at radius 3 is 2.50 bits per heavy atom. The van der Waals surface area contributed by atoms with E-state index in [1.807, 2.05) is 12.1 Å². The molecule has 0 radical (unpaired) electrons. The number of hydrogen-bond acceptors (Lipinski definition) is 4. The molecule has 0 unspecified atom stereocenters. The molecule has 1 atom stereocenters. The second kappa shape index (κ2) is 9.08. The second-order valence-electron chi connectivity index (χ2n) is 4.54. The summed E-state index contributed by atoms with van der Waals surface area (Å²) in [5.74, 6) is -0.0698. The van der Waals surface area contributed by atoms with Gasteiger partial charge in [0.05, 0.1) is 0 Å². The number of piperazine rings is 1. The van der Waals surface area contributed by atoms with Gasteiger partial charge >= 0.3 is 0 Å². The van der Waals surface area contributed by atoms with Gasteiger partial charge in [0.15, 0.2) is 11.5 Å². The molecular weight excluding hydrogens is 299 g/mol. The van der Waals surface area contributed by atoms with E-state index < -0.39 is 0 Å². The van der Waals surface area contributed by atoms with E-state index in [2.05, 4.69) is 16.8 Å². The van der Waals surface area contributed by atoms with Gasteiger partial charge in [-0.25, -0.2) is 0 Å². The van der Waals surface area contributed by atoms with Gasteiger partial charge in [-0.05, 0) is 12.5 Å². The maximum Gasteiger partial charge on any atom is 0.162 e. The van der Waals surface area contributed by atoms with E-state index in [1.165, 1.54) is 6.07 Å². The molecular formula is C14H22Cl2N2O2. The number of halogens is 2. The van der Waals surface area contributed by atoms with E-state index in [0.29, 0.717) is 0 Å². The molecule has 6 heteroatoms. The lowest BCUT2D eigenvalue weighted by Crippen LogP contribution is -2.45. The summed E-state index contributed by atoms with van der Waals surface area (Å²) in [4.78, 5) is 2.31. The first-order chi connectivity index (χ1) is 8.74. The number of para-hydroxylation sites is 1. The Balaban J connectivity index is 0.00000180. The SMILES string of the molecule is C=CC[C@H](c1cccc(O)c1O)N1CCNCC1.Cl.Cl. The molecule has 114 valence electrons. The molecule has 1 saturated heterocycles. The number of nitrogens with one attached hydrogen (secondary N) is 1. The second-order valence-corrected chi connectivity index (χ2v) is 4.54. The molecule has 20 heavy (non-hydrogen) atoms. The summed E-state index contributed by atoms with van der Waals surface area (Å²) in [6.45, 7) is 7.57. The number of benzene rings is 1. The number of hydrogen-bond donors (Lipinski definition) is 3. The van der Waals surface area contributed by atoms with Crippen LogP contribution >= 0.6 is 24.8 Å². The van der Waals surface area contributed by atoms with Gasteiger partial charge in [-0.1, -0.05) is 18.2 Å². The molecule has 4 nitrogen and oxygen atoms in total. The third-order valence-electron chi connectivity index (χ3n) is 3.39. The molecule has 0 aliphatic carbocycles. The molecule has 1 heterocycles. The highest BCUT2D eigenvalue weighted by Crippen LogP contribution is 2.37. The van der Waals surface area contributed by atoms with E-state index >= 15 is 0 Å². The average molecular weight is 321 g/mol. The minimum atomic E-state index is -0.0586. The minimum absolute atomic E-state index is 0. The van der Waals surface area contributed by atoms with Gasteiger partial charge in [0.2, 0.25) is 0 Å². The summed E-state index contributed by atoms with van der Waals surface area (Å²) < 4.78 is 0. The Kier molecular flexibility index (Phi) is 8.65. The standard InChI is InChI=1S/C14H20N2O2.2ClH/c1-2-4-12(16-9-7-15-8-10-16)11-5-3-6-13(17)14(11)18;;/h2-3,5-6,12,15,17-18H,1,4,7-10H2;2*1H/t12-;;/m1../s1. The highest BCUT2D eigenvalue weighted by atomic mass is 35.5. The highest BCUT2D eigenvalue weighted by Gasteiger charge is 2.24. The monoisotopic (exact) mass is 320 g/mol. The Labute approximate surface area is 132 Å². The van der Waals surface area contributed by atoms with Gasteiger partial charge in [-0.3, -0.25) is 4.90 Å². The van der Waals surface area contributed by atoms with Gasteiger partial charge in [0.1, 0.15) is 0 Å². The molecule has 1 aromatic rings. The molecule has 0 aromatic heterocycles. The zero-order valence-corrected chi connectivity index (χ0v) is 12.9. The normalized spacial score (nSPS) is 16.6. The molecule has 0 spiro atoms. The van der Waals surface area contributed by atoms with Crippen LogP contribution in [0.15, 0.2) is 30.9 Å². The third-order valence-corrected chi connectivity index (χ3v) is 3.39. The van der Waals surface area contributed by atoms with Crippen LogP contribution in [-0.2, 0) is 0 Å². The maximum atomic E-state index is 10.00. The number of phenolic OH excluding ortho intramolecular Hbond substituents is 2. The Morgan fingerprint density at radius 2 is 1.90 bits per heavy atom. The van der Waals surface area contributed by atoms with Crippen LogP contribution < -0.4 is 5.32 Å². The Hall–Kier alpha value is -0.940. The van der Waals surface area contributed by atoms with Gasteiger partial charge < -0.3 is 15.5 Å². The van der Waals surface area contributed by atoms with E-state index in [-0.39, 0.29) is 42.4 Å². The molecule has 2 rings (SSSR count). The van der Waals surface area contributed by atoms with Gasteiger partial charge in [0, 0.05) is 37.8 Å². The van der Waals surface area contributed by atoms with Crippen molar-refractivity contribution in [1.29, 1.82) is 0 Å². The van der Waals surface area contributed by atoms with E-state index in [1.54, 1.807) is 6.07 Å². The summed E-state index contributed by atoms with van der Waals surface area (Å²) in [6, 6.07) is 5.21. The number of aromatic hydroxyl groups is 2. The van der Waals surface area contributed by atoms with Crippen LogP contribution in [0.4, 0.5) is 0 Å². The fraction of sp³-hybridized carbons (Fsp3) is 0.429. The molecule has 0 bridgehead atoms. The van der Waals surface area contributed by atoms with Crippen molar-refractivity contribution in [2.75, 3.05) is 26.2 Å². The molecule has 3 N–H and O–H groups in total. The predicted octanol–water partition coefficient (Wildman–Crippen LogP) is 2.46. The van der Waals surface area contributed by atoms with Gasteiger partial charge in [0.25, 0.3) is 0 Å². The van der Waals surface area contributed by atoms with E-state index in [0.717, 1.165) is 38.2 Å². The first-order valence-electron chi connectivity index (χ1n) is 6.30. The molecule has 1 fully saturated rings. The summed E-state index contributed by atoms with van der Waals surface area (Å²) in [5, 5.41) is 22.9. The summed E-state index contributed by atoms with van der Waals surface area (Å²) in [6.07, 6.45) is 2.62. The number of phenols is 2. The third kappa shape index (κ3) is 4.28. The fourth-order valence-electron chi connectivity index (χ4n) is 2.44. The molecule has 0 amide bonds. The number of rotatable bonds is 4. The van der Waals surface area contributed by atoms with Crippen molar-refractivity contribution < 1.29 is 10.2 Å². The fourth-order valence-corrected chi connectivity index (χ4v) is 2.44. The van der Waals surface area contributed by atoms with E-state index in [4.69, 9.17) is 0 Å². The summed E-state index contributed by atoms with van der Waals surface area (Å²) in [5.41, 5.74) is 0.775. The Bertz CT molecular complexity index is 424.